The minimum absolute atomic E-state index is 0.395. The fraction of sp³-hybridized carbons (Fsp3) is 0.158. The number of carbonyl (C=O) groups is 2. The number of carbonyl (C=O) groups excluding carboxylic acids is 2. The Morgan fingerprint density at radius 1 is 1.12 bits per heavy atom. The standard InChI is InChI=1S/C19H18FNO3/c1-13-5-3-4-6-15(13)7-12-18(22)24-14(2)19(23)21-17-10-8-16(20)9-11-17/h3-12,14H,1-2H3,(H,21,23)/b12-7+/t14-/m0/s1. The number of anilines is 1. The topological polar surface area (TPSA) is 55.4 Å². The van der Waals surface area contributed by atoms with Crippen molar-refractivity contribution < 1.29 is 18.7 Å². The van der Waals surface area contributed by atoms with Crippen molar-refractivity contribution in [3.63, 3.8) is 0 Å². The van der Waals surface area contributed by atoms with E-state index in [0.717, 1.165) is 11.1 Å². The number of hydrogen-bond donors (Lipinski definition) is 1. The third-order valence-electron chi connectivity index (χ3n) is 3.36. The minimum Gasteiger partial charge on any atom is -0.449 e. The van der Waals surface area contributed by atoms with E-state index in [2.05, 4.69) is 5.32 Å². The van der Waals surface area contributed by atoms with Gasteiger partial charge in [0.15, 0.2) is 6.10 Å². The molecule has 0 aliphatic heterocycles. The zero-order valence-electron chi connectivity index (χ0n) is 13.5. The molecular formula is C19H18FNO3. The van der Waals surface area contributed by atoms with Crippen molar-refractivity contribution in [3.8, 4) is 0 Å². The van der Waals surface area contributed by atoms with Crippen molar-refractivity contribution in [1.82, 2.24) is 0 Å². The van der Waals surface area contributed by atoms with E-state index in [-0.39, 0.29) is 0 Å². The summed E-state index contributed by atoms with van der Waals surface area (Å²) in [5.74, 6) is -1.49. The maximum Gasteiger partial charge on any atom is 0.331 e. The molecule has 0 spiro atoms. The predicted octanol–water partition coefficient (Wildman–Crippen LogP) is 3.72. The summed E-state index contributed by atoms with van der Waals surface area (Å²) in [5.41, 5.74) is 2.36. The second-order valence-corrected chi connectivity index (χ2v) is 5.27. The number of aryl methyl sites for hydroxylation is 1. The van der Waals surface area contributed by atoms with E-state index in [9.17, 15) is 14.0 Å². The molecular weight excluding hydrogens is 309 g/mol. The first-order valence-corrected chi connectivity index (χ1v) is 7.46. The summed E-state index contributed by atoms with van der Waals surface area (Å²) >= 11 is 0. The van der Waals surface area contributed by atoms with Gasteiger partial charge in [-0.1, -0.05) is 24.3 Å². The number of ether oxygens (including phenoxy) is 1. The lowest BCUT2D eigenvalue weighted by Crippen LogP contribution is -2.29. The van der Waals surface area contributed by atoms with Crippen LogP contribution in [-0.4, -0.2) is 18.0 Å². The molecule has 0 radical (unpaired) electrons. The third kappa shape index (κ3) is 5.05. The summed E-state index contributed by atoms with van der Waals surface area (Å²) in [6.07, 6.45) is 1.95. The maximum atomic E-state index is 12.8. The van der Waals surface area contributed by atoms with E-state index in [0.29, 0.717) is 5.69 Å². The first-order valence-electron chi connectivity index (χ1n) is 7.46. The van der Waals surface area contributed by atoms with E-state index in [4.69, 9.17) is 4.74 Å². The molecule has 0 heterocycles. The molecule has 0 unspecified atom stereocenters. The summed E-state index contributed by atoms with van der Waals surface area (Å²) < 4.78 is 17.9. The Hall–Kier alpha value is -2.95. The average molecular weight is 327 g/mol. The number of benzene rings is 2. The molecule has 0 aliphatic carbocycles. The lowest BCUT2D eigenvalue weighted by molar-refractivity contribution is -0.148. The smallest absolute Gasteiger partial charge is 0.331 e. The van der Waals surface area contributed by atoms with Crippen LogP contribution in [0.4, 0.5) is 10.1 Å². The monoisotopic (exact) mass is 327 g/mol. The quantitative estimate of drug-likeness (QED) is 0.673. The van der Waals surface area contributed by atoms with Gasteiger partial charge in [-0.25, -0.2) is 9.18 Å². The molecule has 2 aromatic carbocycles. The fourth-order valence-corrected chi connectivity index (χ4v) is 1.98. The lowest BCUT2D eigenvalue weighted by atomic mass is 10.1. The number of nitrogens with one attached hydrogen (secondary N) is 1. The second kappa shape index (κ2) is 8.06. The van der Waals surface area contributed by atoms with Crippen LogP contribution in [0.3, 0.4) is 0 Å². The maximum absolute atomic E-state index is 12.8. The number of rotatable bonds is 5. The molecule has 1 atom stereocenters. The van der Waals surface area contributed by atoms with Gasteiger partial charge >= 0.3 is 5.97 Å². The van der Waals surface area contributed by atoms with Gasteiger partial charge in [0, 0.05) is 11.8 Å². The van der Waals surface area contributed by atoms with Crippen molar-refractivity contribution >= 4 is 23.6 Å². The van der Waals surface area contributed by atoms with E-state index in [1.807, 2.05) is 31.2 Å². The van der Waals surface area contributed by atoms with Gasteiger partial charge < -0.3 is 10.1 Å². The van der Waals surface area contributed by atoms with Crippen molar-refractivity contribution in [2.75, 3.05) is 5.32 Å². The van der Waals surface area contributed by atoms with Crippen LogP contribution in [0.15, 0.2) is 54.6 Å². The van der Waals surface area contributed by atoms with E-state index < -0.39 is 23.8 Å². The highest BCUT2D eigenvalue weighted by molar-refractivity contribution is 5.96. The Morgan fingerprint density at radius 3 is 2.46 bits per heavy atom. The summed E-state index contributed by atoms with van der Waals surface area (Å²) in [6.45, 7) is 3.40. The highest BCUT2D eigenvalue weighted by Crippen LogP contribution is 2.11. The Morgan fingerprint density at radius 2 is 1.79 bits per heavy atom. The van der Waals surface area contributed by atoms with Crippen LogP contribution in [0, 0.1) is 12.7 Å². The van der Waals surface area contributed by atoms with Crippen LogP contribution in [0.5, 0.6) is 0 Å². The molecule has 5 heteroatoms. The molecule has 0 fully saturated rings. The largest absolute Gasteiger partial charge is 0.449 e. The van der Waals surface area contributed by atoms with Crippen LogP contribution >= 0.6 is 0 Å². The first-order chi connectivity index (χ1) is 11.5. The van der Waals surface area contributed by atoms with Gasteiger partial charge in [-0.2, -0.15) is 0 Å². The molecule has 0 saturated carbocycles. The number of esters is 1. The molecule has 4 nitrogen and oxygen atoms in total. The van der Waals surface area contributed by atoms with Crippen LogP contribution in [-0.2, 0) is 14.3 Å². The SMILES string of the molecule is Cc1ccccc1/C=C/C(=O)O[C@@H](C)C(=O)Nc1ccc(F)cc1. The third-order valence-corrected chi connectivity index (χ3v) is 3.36. The molecule has 124 valence electrons. The highest BCUT2D eigenvalue weighted by Gasteiger charge is 2.16. The molecule has 0 bridgehead atoms. The van der Waals surface area contributed by atoms with Crippen LogP contribution in [0.25, 0.3) is 6.08 Å². The molecule has 0 aromatic heterocycles. The molecule has 1 N–H and O–H groups in total. The minimum atomic E-state index is -0.968. The number of amides is 1. The van der Waals surface area contributed by atoms with Crippen molar-refractivity contribution in [2.24, 2.45) is 0 Å². The summed E-state index contributed by atoms with van der Waals surface area (Å²) in [4.78, 5) is 23.8. The van der Waals surface area contributed by atoms with Gasteiger partial charge in [-0.15, -0.1) is 0 Å². The molecule has 2 aromatic rings. The van der Waals surface area contributed by atoms with Gasteiger partial charge in [-0.05, 0) is 55.3 Å². The molecule has 2 rings (SSSR count). The Labute approximate surface area is 140 Å². The van der Waals surface area contributed by atoms with Crippen molar-refractivity contribution in [3.05, 3.63) is 71.6 Å². The first kappa shape index (κ1) is 17.4. The second-order valence-electron chi connectivity index (χ2n) is 5.27. The summed E-state index contributed by atoms with van der Waals surface area (Å²) in [6, 6.07) is 12.9. The Kier molecular flexibility index (Phi) is 5.84. The predicted molar refractivity (Wildman–Crippen MR) is 90.8 cm³/mol. The molecule has 0 saturated heterocycles. The summed E-state index contributed by atoms with van der Waals surface area (Å²) in [5, 5.41) is 2.55. The summed E-state index contributed by atoms with van der Waals surface area (Å²) in [7, 11) is 0. The fourth-order valence-electron chi connectivity index (χ4n) is 1.98. The normalized spacial score (nSPS) is 12.0. The van der Waals surface area contributed by atoms with Gasteiger partial charge in [0.2, 0.25) is 0 Å². The molecule has 24 heavy (non-hydrogen) atoms. The van der Waals surface area contributed by atoms with Crippen molar-refractivity contribution in [1.29, 1.82) is 0 Å². The van der Waals surface area contributed by atoms with Gasteiger partial charge in [0.25, 0.3) is 5.91 Å². The van der Waals surface area contributed by atoms with Crippen LogP contribution < -0.4 is 5.32 Å². The average Bonchev–Trinajstić information content (AvgIpc) is 2.56. The highest BCUT2D eigenvalue weighted by atomic mass is 19.1. The van der Waals surface area contributed by atoms with Crippen LogP contribution in [0.2, 0.25) is 0 Å². The lowest BCUT2D eigenvalue weighted by Gasteiger charge is -2.12. The number of halogens is 1. The van der Waals surface area contributed by atoms with E-state index in [1.54, 1.807) is 6.08 Å². The van der Waals surface area contributed by atoms with E-state index >= 15 is 0 Å². The Bertz CT molecular complexity index is 753. The van der Waals surface area contributed by atoms with Crippen molar-refractivity contribution in [2.45, 2.75) is 20.0 Å². The number of hydrogen-bond acceptors (Lipinski definition) is 3. The van der Waals surface area contributed by atoms with Gasteiger partial charge in [0.1, 0.15) is 5.82 Å². The van der Waals surface area contributed by atoms with Gasteiger partial charge in [0.05, 0.1) is 0 Å². The Balaban J connectivity index is 1.90. The zero-order valence-corrected chi connectivity index (χ0v) is 13.5. The van der Waals surface area contributed by atoms with Crippen LogP contribution in [0.1, 0.15) is 18.1 Å². The molecule has 1 amide bonds. The van der Waals surface area contributed by atoms with E-state index in [1.165, 1.54) is 37.3 Å². The zero-order chi connectivity index (χ0) is 17.5. The van der Waals surface area contributed by atoms with Gasteiger partial charge in [-0.3, -0.25) is 4.79 Å². The molecule has 0 aliphatic rings.